The average Bonchev–Trinajstić information content (AvgIpc) is 3.07. The number of ether oxygens (including phenoxy) is 5. The molecule has 1 aliphatic rings. The predicted molar refractivity (Wildman–Crippen MR) is 174 cm³/mol. The molecule has 0 spiro atoms. The van der Waals surface area contributed by atoms with Crippen molar-refractivity contribution in [3.05, 3.63) is 71.3 Å². The van der Waals surface area contributed by atoms with Gasteiger partial charge in [0.2, 0.25) is 11.7 Å². The number of phenolic OH excluding ortho intramolecular Hbond substituents is 1. The van der Waals surface area contributed by atoms with Crippen LogP contribution in [0.25, 0.3) is 0 Å². The van der Waals surface area contributed by atoms with Gasteiger partial charge in [0, 0.05) is 12.5 Å². The van der Waals surface area contributed by atoms with Crippen LogP contribution in [0.15, 0.2) is 54.6 Å². The van der Waals surface area contributed by atoms with E-state index in [1.165, 1.54) is 21.3 Å². The highest BCUT2D eigenvalue weighted by molar-refractivity contribution is 5.92. The van der Waals surface area contributed by atoms with Gasteiger partial charge in [-0.2, -0.15) is 0 Å². The number of piperidine rings is 1. The molecule has 3 atom stereocenters. The van der Waals surface area contributed by atoms with Crippen LogP contribution in [0.1, 0.15) is 67.6 Å². The zero-order valence-corrected chi connectivity index (χ0v) is 27.5. The SMILES string of the molecule is CCC(C(=O)N1CCCC[C@@]1(C(=O)O)C(CCc1ccc(OC)c(OC)c1)c1cccc(O)c1)c1cc(OC)c(OC)c(OC)c1. The highest BCUT2D eigenvalue weighted by atomic mass is 16.5. The summed E-state index contributed by atoms with van der Waals surface area (Å²) in [5.74, 6) is -0.201. The molecule has 0 aliphatic carbocycles. The molecule has 3 aromatic carbocycles. The molecule has 1 saturated heterocycles. The molecule has 0 saturated carbocycles. The van der Waals surface area contributed by atoms with E-state index < -0.39 is 23.3 Å². The van der Waals surface area contributed by atoms with Crippen molar-refractivity contribution in [2.24, 2.45) is 0 Å². The largest absolute Gasteiger partial charge is 0.508 e. The molecule has 2 unspecified atom stereocenters. The normalized spacial score (nSPS) is 17.5. The molecule has 46 heavy (non-hydrogen) atoms. The van der Waals surface area contributed by atoms with Gasteiger partial charge in [0.1, 0.15) is 11.3 Å². The summed E-state index contributed by atoms with van der Waals surface area (Å²) < 4.78 is 27.5. The first-order valence-corrected chi connectivity index (χ1v) is 15.5. The van der Waals surface area contributed by atoms with Crippen molar-refractivity contribution < 1.29 is 43.5 Å². The summed E-state index contributed by atoms with van der Waals surface area (Å²) in [6.07, 6.45) is 2.91. The number of aliphatic carboxylic acids is 1. The van der Waals surface area contributed by atoms with Crippen LogP contribution in [0.2, 0.25) is 0 Å². The fourth-order valence-electron chi connectivity index (χ4n) is 6.85. The number of carbonyl (C=O) groups is 2. The minimum Gasteiger partial charge on any atom is -0.508 e. The third-order valence-electron chi connectivity index (χ3n) is 9.12. The van der Waals surface area contributed by atoms with Gasteiger partial charge < -0.3 is 38.8 Å². The summed E-state index contributed by atoms with van der Waals surface area (Å²) in [4.78, 5) is 30.0. The number of benzene rings is 3. The first kappa shape index (κ1) is 34.3. The molecule has 1 aliphatic heterocycles. The number of aryl methyl sites for hydroxylation is 1. The number of amides is 1. The van der Waals surface area contributed by atoms with Crippen LogP contribution < -0.4 is 23.7 Å². The number of rotatable bonds is 14. The molecule has 0 aromatic heterocycles. The van der Waals surface area contributed by atoms with Crippen LogP contribution in [-0.4, -0.2) is 74.6 Å². The van der Waals surface area contributed by atoms with E-state index >= 15 is 0 Å². The Morgan fingerprint density at radius 2 is 1.50 bits per heavy atom. The highest BCUT2D eigenvalue weighted by Gasteiger charge is 2.54. The number of carboxylic acids is 1. The van der Waals surface area contributed by atoms with Crippen LogP contribution in [0.5, 0.6) is 34.5 Å². The number of nitrogens with zero attached hydrogens (tertiary/aromatic N) is 1. The number of aromatic hydroxyl groups is 1. The molecule has 10 heteroatoms. The summed E-state index contributed by atoms with van der Waals surface area (Å²) in [7, 11) is 7.69. The number of methoxy groups -OCH3 is 5. The van der Waals surface area contributed by atoms with E-state index in [4.69, 9.17) is 23.7 Å². The van der Waals surface area contributed by atoms with E-state index in [-0.39, 0.29) is 24.6 Å². The summed E-state index contributed by atoms with van der Waals surface area (Å²) in [6.45, 7) is 2.19. The Labute approximate surface area is 270 Å². The van der Waals surface area contributed by atoms with Crippen molar-refractivity contribution in [1.29, 1.82) is 0 Å². The van der Waals surface area contributed by atoms with E-state index in [0.29, 0.717) is 72.0 Å². The Morgan fingerprint density at radius 1 is 0.826 bits per heavy atom. The zero-order chi connectivity index (χ0) is 33.4. The van der Waals surface area contributed by atoms with Crippen LogP contribution in [0, 0.1) is 0 Å². The van der Waals surface area contributed by atoms with E-state index in [9.17, 15) is 19.8 Å². The standard InChI is InChI=1S/C36H45NO9/c1-7-27(25-21-31(44-4)33(46-6)32(22-25)45-5)34(39)37-18-9-8-17-36(37,35(40)41)28(24-11-10-12-26(38)20-24)15-13-23-14-16-29(42-2)30(19-23)43-3/h10-12,14,16,19-22,27-28,38H,7-9,13,15,17-18H2,1-6H3,(H,40,41)/t27?,28?,36-/m0/s1. The Kier molecular flexibility index (Phi) is 11.3. The van der Waals surface area contributed by atoms with Gasteiger partial charge in [0.05, 0.1) is 41.5 Å². The van der Waals surface area contributed by atoms with Crippen molar-refractivity contribution >= 4 is 11.9 Å². The Bertz CT molecular complexity index is 1500. The summed E-state index contributed by atoms with van der Waals surface area (Å²) >= 11 is 0. The Balaban J connectivity index is 1.82. The molecule has 1 heterocycles. The van der Waals surface area contributed by atoms with Crippen LogP contribution in [0.4, 0.5) is 0 Å². The second kappa shape index (κ2) is 15.1. The van der Waals surface area contributed by atoms with Crippen molar-refractivity contribution in [2.45, 2.75) is 62.8 Å². The third-order valence-corrected chi connectivity index (χ3v) is 9.12. The molecule has 0 radical (unpaired) electrons. The van der Waals surface area contributed by atoms with Gasteiger partial charge in [-0.1, -0.05) is 25.1 Å². The fraction of sp³-hybridized carbons (Fsp3) is 0.444. The predicted octanol–water partition coefficient (Wildman–Crippen LogP) is 6.18. The number of phenols is 1. The monoisotopic (exact) mass is 635 g/mol. The lowest BCUT2D eigenvalue weighted by Gasteiger charge is -2.50. The number of carbonyl (C=O) groups excluding carboxylic acids is 1. The van der Waals surface area contributed by atoms with E-state index in [0.717, 1.165) is 5.56 Å². The average molecular weight is 636 g/mol. The van der Waals surface area contributed by atoms with Gasteiger partial charge in [0.25, 0.3) is 0 Å². The highest BCUT2D eigenvalue weighted by Crippen LogP contribution is 2.47. The maximum absolute atomic E-state index is 14.7. The molecule has 0 bridgehead atoms. The minimum atomic E-state index is -1.56. The molecular weight excluding hydrogens is 590 g/mol. The number of hydrogen-bond donors (Lipinski definition) is 2. The lowest BCUT2D eigenvalue weighted by molar-refractivity contribution is -0.166. The fourth-order valence-corrected chi connectivity index (χ4v) is 6.85. The topological polar surface area (TPSA) is 124 Å². The summed E-state index contributed by atoms with van der Waals surface area (Å²) in [6, 6.07) is 15.8. The Hall–Kier alpha value is -4.60. The van der Waals surface area contributed by atoms with Crippen molar-refractivity contribution in [2.75, 3.05) is 42.1 Å². The van der Waals surface area contributed by atoms with Crippen LogP contribution in [-0.2, 0) is 16.0 Å². The van der Waals surface area contributed by atoms with Crippen molar-refractivity contribution in [3.8, 4) is 34.5 Å². The van der Waals surface area contributed by atoms with E-state index in [1.54, 1.807) is 49.5 Å². The molecule has 1 amide bonds. The quantitative estimate of drug-likeness (QED) is 0.214. The molecular formula is C36H45NO9. The minimum absolute atomic E-state index is 0.0340. The van der Waals surface area contributed by atoms with E-state index in [1.807, 2.05) is 31.2 Å². The maximum atomic E-state index is 14.7. The van der Waals surface area contributed by atoms with Crippen LogP contribution >= 0.6 is 0 Å². The lowest BCUT2D eigenvalue weighted by atomic mass is 9.69. The third kappa shape index (κ3) is 6.66. The molecule has 248 valence electrons. The van der Waals surface area contributed by atoms with Crippen molar-refractivity contribution in [3.63, 3.8) is 0 Å². The van der Waals surface area contributed by atoms with Crippen molar-refractivity contribution in [1.82, 2.24) is 4.90 Å². The van der Waals surface area contributed by atoms with Gasteiger partial charge in [0.15, 0.2) is 23.0 Å². The summed E-state index contributed by atoms with van der Waals surface area (Å²) in [5, 5.41) is 21.7. The maximum Gasteiger partial charge on any atom is 0.330 e. The molecule has 3 aromatic rings. The lowest BCUT2D eigenvalue weighted by Crippen LogP contribution is -2.63. The number of likely N-dealkylation sites (tertiary alicyclic amines) is 1. The number of hydrogen-bond acceptors (Lipinski definition) is 8. The first-order valence-electron chi connectivity index (χ1n) is 15.5. The van der Waals surface area contributed by atoms with Gasteiger partial charge in [-0.3, -0.25) is 4.79 Å². The van der Waals surface area contributed by atoms with Gasteiger partial charge in [-0.25, -0.2) is 4.79 Å². The molecule has 4 rings (SSSR count). The van der Waals surface area contributed by atoms with Gasteiger partial charge >= 0.3 is 5.97 Å². The van der Waals surface area contributed by atoms with Crippen LogP contribution in [0.3, 0.4) is 0 Å². The first-order chi connectivity index (χ1) is 22.2. The number of carboxylic acid groups (broad SMARTS) is 1. The Morgan fingerprint density at radius 3 is 2.07 bits per heavy atom. The van der Waals surface area contributed by atoms with Gasteiger partial charge in [-0.15, -0.1) is 0 Å². The summed E-state index contributed by atoms with van der Waals surface area (Å²) in [5.41, 5.74) is 0.670. The zero-order valence-electron chi connectivity index (χ0n) is 27.5. The van der Waals surface area contributed by atoms with Gasteiger partial charge in [-0.05, 0) is 91.6 Å². The molecule has 10 nitrogen and oxygen atoms in total. The second-order valence-corrected chi connectivity index (χ2v) is 11.5. The smallest absolute Gasteiger partial charge is 0.330 e. The van der Waals surface area contributed by atoms with E-state index in [2.05, 4.69) is 0 Å². The molecule has 2 N–H and O–H groups in total. The molecule has 1 fully saturated rings. The second-order valence-electron chi connectivity index (χ2n) is 11.5.